The summed E-state index contributed by atoms with van der Waals surface area (Å²) in [7, 11) is 0. The van der Waals surface area contributed by atoms with E-state index < -0.39 is 0 Å². The smallest absolute Gasteiger partial charge is 0.223 e. The molecule has 0 aliphatic carbocycles. The summed E-state index contributed by atoms with van der Waals surface area (Å²) in [4.78, 5) is 19.4. The van der Waals surface area contributed by atoms with Crippen LogP contribution in [0.15, 0.2) is 0 Å². The van der Waals surface area contributed by atoms with E-state index >= 15 is 0 Å². The first kappa shape index (κ1) is 17.7. The fourth-order valence-corrected chi connectivity index (χ4v) is 3.87. The van der Waals surface area contributed by atoms with Crippen LogP contribution in [0.5, 0.6) is 0 Å². The Bertz CT molecular complexity index is 348. The first-order chi connectivity index (χ1) is 10.5. The van der Waals surface area contributed by atoms with Crippen molar-refractivity contribution in [3.8, 4) is 0 Å². The molecule has 2 saturated heterocycles. The molecule has 0 aromatic rings. The summed E-state index contributed by atoms with van der Waals surface area (Å²) >= 11 is 0. The van der Waals surface area contributed by atoms with Crippen molar-refractivity contribution in [2.45, 2.75) is 53.0 Å². The van der Waals surface area contributed by atoms with Crippen LogP contribution in [-0.2, 0) is 4.79 Å². The van der Waals surface area contributed by atoms with Gasteiger partial charge in [0.05, 0.1) is 0 Å². The highest BCUT2D eigenvalue weighted by Crippen LogP contribution is 2.23. The number of nitrogens with zero attached hydrogens (tertiary/aromatic N) is 3. The number of carbonyl (C=O) groups excluding carboxylic acids is 1. The highest BCUT2D eigenvalue weighted by atomic mass is 16.2. The molecule has 128 valence electrons. The lowest BCUT2D eigenvalue weighted by Crippen LogP contribution is -2.51. The minimum atomic E-state index is 0.357. The van der Waals surface area contributed by atoms with Crippen LogP contribution in [0.1, 0.15) is 47.0 Å². The van der Waals surface area contributed by atoms with E-state index in [1.807, 2.05) is 0 Å². The quantitative estimate of drug-likeness (QED) is 0.753. The number of carbonyl (C=O) groups is 1. The predicted octanol–water partition coefficient (Wildman–Crippen LogP) is 2.30. The van der Waals surface area contributed by atoms with Gasteiger partial charge in [0, 0.05) is 51.7 Å². The van der Waals surface area contributed by atoms with E-state index in [9.17, 15) is 4.79 Å². The van der Waals surface area contributed by atoms with E-state index in [4.69, 9.17) is 0 Å². The first-order valence-corrected chi connectivity index (χ1v) is 9.20. The molecule has 0 aromatic heterocycles. The van der Waals surface area contributed by atoms with Crippen molar-refractivity contribution in [1.82, 2.24) is 14.7 Å². The van der Waals surface area contributed by atoms with Crippen LogP contribution < -0.4 is 0 Å². The largest absolute Gasteiger partial charge is 0.340 e. The van der Waals surface area contributed by atoms with Crippen LogP contribution in [0.2, 0.25) is 0 Å². The Kier molecular flexibility index (Phi) is 6.69. The maximum Gasteiger partial charge on any atom is 0.223 e. The maximum atomic E-state index is 12.4. The summed E-state index contributed by atoms with van der Waals surface area (Å²) < 4.78 is 0. The van der Waals surface area contributed by atoms with Gasteiger partial charge in [0.15, 0.2) is 0 Å². The van der Waals surface area contributed by atoms with Crippen LogP contribution >= 0.6 is 0 Å². The Labute approximate surface area is 136 Å². The maximum absolute atomic E-state index is 12.4. The summed E-state index contributed by atoms with van der Waals surface area (Å²) in [6.07, 6.45) is 3.36. The fourth-order valence-electron chi connectivity index (χ4n) is 3.87. The summed E-state index contributed by atoms with van der Waals surface area (Å²) in [5, 5.41) is 0. The topological polar surface area (TPSA) is 26.8 Å². The standard InChI is InChI=1S/C18H35N3O/c1-15(2)13-17-5-7-19(14-17)8-6-18(22)21-11-9-20(10-12-21)16(3)4/h15-17H,5-14H2,1-4H3/t17-/m1/s1. The second-order valence-electron chi connectivity index (χ2n) is 7.85. The van der Waals surface area contributed by atoms with Gasteiger partial charge in [-0.3, -0.25) is 9.69 Å². The molecule has 1 atom stereocenters. The van der Waals surface area contributed by atoms with Gasteiger partial charge >= 0.3 is 0 Å². The second-order valence-corrected chi connectivity index (χ2v) is 7.85. The molecular formula is C18H35N3O. The third-order valence-electron chi connectivity index (χ3n) is 5.21. The van der Waals surface area contributed by atoms with Crippen molar-refractivity contribution < 1.29 is 4.79 Å². The lowest BCUT2D eigenvalue weighted by molar-refractivity contribution is -0.133. The predicted molar refractivity (Wildman–Crippen MR) is 91.9 cm³/mol. The zero-order chi connectivity index (χ0) is 16.1. The van der Waals surface area contributed by atoms with Gasteiger partial charge in [-0.2, -0.15) is 0 Å². The third kappa shape index (κ3) is 5.24. The number of hydrogen-bond donors (Lipinski definition) is 0. The summed E-state index contributed by atoms with van der Waals surface area (Å²) in [6, 6.07) is 0.597. The van der Waals surface area contributed by atoms with Crippen molar-refractivity contribution in [3.63, 3.8) is 0 Å². The van der Waals surface area contributed by atoms with E-state index in [0.29, 0.717) is 18.4 Å². The molecule has 0 N–H and O–H groups in total. The van der Waals surface area contributed by atoms with Crippen LogP contribution in [0.3, 0.4) is 0 Å². The minimum absolute atomic E-state index is 0.357. The molecule has 2 aliphatic rings. The molecule has 0 radical (unpaired) electrons. The Morgan fingerprint density at radius 2 is 1.73 bits per heavy atom. The summed E-state index contributed by atoms with van der Waals surface area (Å²) in [6.45, 7) is 16.3. The van der Waals surface area contributed by atoms with Gasteiger partial charge in [-0.1, -0.05) is 13.8 Å². The van der Waals surface area contributed by atoms with Gasteiger partial charge in [0.25, 0.3) is 0 Å². The molecule has 2 heterocycles. The van der Waals surface area contributed by atoms with Crippen molar-refractivity contribution in [2.75, 3.05) is 45.8 Å². The van der Waals surface area contributed by atoms with Crippen LogP contribution in [0, 0.1) is 11.8 Å². The summed E-state index contributed by atoms with van der Waals surface area (Å²) in [5.74, 6) is 2.00. The Balaban J connectivity index is 1.64. The van der Waals surface area contributed by atoms with Gasteiger partial charge in [-0.25, -0.2) is 0 Å². The first-order valence-electron chi connectivity index (χ1n) is 9.20. The van der Waals surface area contributed by atoms with Gasteiger partial charge in [0.2, 0.25) is 5.91 Å². The SMILES string of the molecule is CC(C)C[C@H]1CCN(CCC(=O)N2CCN(C(C)C)CC2)C1. The van der Waals surface area contributed by atoms with Gasteiger partial charge in [-0.15, -0.1) is 0 Å². The van der Waals surface area contributed by atoms with Crippen LogP contribution in [0.25, 0.3) is 0 Å². The Hall–Kier alpha value is -0.610. The lowest BCUT2D eigenvalue weighted by atomic mass is 9.97. The van der Waals surface area contributed by atoms with E-state index in [1.165, 1.54) is 25.9 Å². The van der Waals surface area contributed by atoms with Crippen molar-refractivity contribution in [2.24, 2.45) is 11.8 Å². The Morgan fingerprint density at radius 1 is 1.05 bits per heavy atom. The number of rotatable bonds is 6. The molecule has 1 amide bonds. The normalized spacial score (nSPS) is 24.6. The molecular weight excluding hydrogens is 274 g/mol. The number of likely N-dealkylation sites (tertiary alicyclic amines) is 1. The third-order valence-corrected chi connectivity index (χ3v) is 5.21. The molecule has 4 heteroatoms. The Morgan fingerprint density at radius 3 is 2.32 bits per heavy atom. The number of piperazine rings is 1. The zero-order valence-electron chi connectivity index (χ0n) is 15.1. The lowest BCUT2D eigenvalue weighted by Gasteiger charge is -2.37. The van der Waals surface area contributed by atoms with E-state index in [0.717, 1.165) is 44.6 Å². The fraction of sp³-hybridized carbons (Fsp3) is 0.944. The van der Waals surface area contributed by atoms with Gasteiger partial charge in [0.1, 0.15) is 0 Å². The van der Waals surface area contributed by atoms with Crippen LogP contribution in [0.4, 0.5) is 0 Å². The molecule has 22 heavy (non-hydrogen) atoms. The average molecular weight is 309 g/mol. The van der Waals surface area contributed by atoms with E-state index in [1.54, 1.807) is 0 Å². The van der Waals surface area contributed by atoms with Gasteiger partial charge in [-0.05, 0) is 45.1 Å². The molecule has 0 spiro atoms. The second kappa shape index (κ2) is 8.30. The molecule has 2 rings (SSSR count). The van der Waals surface area contributed by atoms with E-state index in [2.05, 4.69) is 42.4 Å². The minimum Gasteiger partial charge on any atom is -0.340 e. The van der Waals surface area contributed by atoms with Crippen LogP contribution in [-0.4, -0.2) is 72.5 Å². The molecule has 0 bridgehead atoms. The van der Waals surface area contributed by atoms with Gasteiger partial charge < -0.3 is 9.80 Å². The zero-order valence-corrected chi connectivity index (χ0v) is 15.1. The molecule has 4 nitrogen and oxygen atoms in total. The molecule has 2 aliphatic heterocycles. The van der Waals surface area contributed by atoms with Crippen molar-refractivity contribution >= 4 is 5.91 Å². The molecule has 0 aromatic carbocycles. The monoisotopic (exact) mass is 309 g/mol. The number of amides is 1. The summed E-state index contributed by atoms with van der Waals surface area (Å²) in [5.41, 5.74) is 0. The van der Waals surface area contributed by atoms with Crippen molar-refractivity contribution in [1.29, 1.82) is 0 Å². The highest BCUT2D eigenvalue weighted by molar-refractivity contribution is 5.76. The number of hydrogen-bond acceptors (Lipinski definition) is 3. The highest BCUT2D eigenvalue weighted by Gasteiger charge is 2.25. The molecule has 0 saturated carbocycles. The molecule has 2 fully saturated rings. The average Bonchev–Trinajstić information content (AvgIpc) is 2.91. The van der Waals surface area contributed by atoms with Crippen molar-refractivity contribution in [3.05, 3.63) is 0 Å². The molecule has 0 unspecified atom stereocenters. The van der Waals surface area contributed by atoms with E-state index in [-0.39, 0.29) is 0 Å².